The Kier molecular flexibility index (Phi) is 3.80. The van der Waals surface area contributed by atoms with Crippen LogP contribution in [0.2, 0.25) is 0 Å². The number of anilines is 1. The second-order valence-electron chi connectivity index (χ2n) is 3.57. The van der Waals surface area contributed by atoms with Crippen molar-refractivity contribution in [3.05, 3.63) is 42.5 Å². The van der Waals surface area contributed by atoms with Crippen molar-refractivity contribution in [3.63, 3.8) is 0 Å². The van der Waals surface area contributed by atoms with Crippen LogP contribution < -0.4 is 15.4 Å². The Labute approximate surface area is 104 Å². The number of nitrogens with zero attached hydrogens (tertiary/aromatic N) is 1. The van der Waals surface area contributed by atoms with Gasteiger partial charge in [-0.25, -0.2) is 9.78 Å². The normalized spacial score (nSPS) is 9.83. The Balaban J connectivity index is 1.83. The van der Waals surface area contributed by atoms with Gasteiger partial charge in [-0.3, -0.25) is 0 Å². The number of imidazole rings is 1. The van der Waals surface area contributed by atoms with E-state index in [1.54, 1.807) is 43.8 Å². The van der Waals surface area contributed by atoms with E-state index in [2.05, 4.69) is 20.6 Å². The fraction of sp³-hybridized carbons (Fsp3) is 0.167. The lowest BCUT2D eigenvalue weighted by Gasteiger charge is -2.07. The fourth-order valence-electron chi connectivity index (χ4n) is 1.41. The van der Waals surface area contributed by atoms with Crippen LogP contribution in [0.5, 0.6) is 5.75 Å². The maximum Gasteiger partial charge on any atom is 0.319 e. The van der Waals surface area contributed by atoms with Crippen molar-refractivity contribution in [1.29, 1.82) is 0 Å². The van der Waals surface area contributed by atoms with Crippen molar-refractivity contribution in [3.8, 4) is 5.75 Å². The first-order valence-electron chi connectivity index (χ1n) is 5.45. The molecule has 0 atom stereocenters. The minimum atomic E-state index is -0.281. The molecule has 0 aliphatic rings. The van der Waals surface area contributed by atoms with Crippen molar-refractivity contribution in [1.82, 2.24) is 15.3 Å². The third-order valence-electron chi connectivity index (χ3n) is 2.32. The predicted octanol–water partition coefficient (Wildman–Crippen LogP) is 1.74. The Morgan fingerprint density at radius 2 is 2.17 bits per heavy atom. The molecule has 2 amide bonds. The number of H-pyrrole nitrogens is 1. The van der Waals surface area contributed by atoms with Crippen molar-refractivity contribution >= 4 is 11.7 Å². The third kappa shape index (κ3) is 3.24. The SMILES string of the molecule is COc1ccc(NC(=O)NCc2ncc[nH]2)cc1. The summed E-state index contributed by atoms with van der Waals surface area (Å²) in [6.45, 7) is 0.356. The molecule has 3 N–H and O–H groups in total. The molecule has 0 unspecified atom stereocenters. The van der Waals surface area contributed by atoms with E-state index in [9.17, 15) is 4.79 Å². The smallest absolute Gasteiger partial charge is 0.319 e. The van der Waals surface area contributed by atoms with E-state index in [4.69, 9.17) is 4.74 Å². The number of hydrogen-bond acceptors (Lipinski definition) is 3. The number of carbonyl (C=O) groups excluding carboxylic acids is 1. The number of carbonyl (C=O) groups is 1. The molecule has 0 aliphatic heterocycles. The number of nitrogens with one attached hydrogen (secondary N) is 3. The molecule has 1 aromatic heterocycles. The predicted molar refractivity (Wildman–Crippen MR) is 67.4 cm³/mol. The van der Waals surface area contributed by atoms with Crippen molar-refractivity contribution < 1.29 is 9.53 Å². The Bertz CT molecular complexity index is 493. The lowest BCUT2D eigenvalue weighted by Crippen LogP contribution is -2.28. The molecule has 6 nitrogen and oxygen atoms in total. The maximum atomic E-state index is 11.6. The van der Waals surface area contributed by atoms with Crippen LogP contribution in [-0.2, 0) is 6.54 Å². The zero-order valence-electron chi connectivity index (χ0n) is 9.93. The van der Waals surface area contributed by atoms with Crippen LogP contribution in [0.4, 0.5) is 10.5 Å². The topological polar surface area (TPSA) is 79.0 Å². The second-order valence-corrected chi connectivity index (χ2v) is 3.57. The van der Waals surface area contributed by atoms with Crippen LogP contribution in [-0.4, -0.2) is 23.1 Å². The lowest BCUT2D eigenvalue weighted by atomic mass is 10.3. The van der Waals surface area contributed by atoms with E-state index in [1.165, 1.54) is 0 Å². The van der Waals surface area contributed by atoms with E-state index < -0.39 is 0 Å². The number of amides is 2. The molecule has 0 saturated carbocycles. The molecule has 0 bridgehead atoms. The second kappa shape index (κ2) is 5.72. The fourth-order valence-corrected chi connectivity index (χ4v) is 1.41. The van der Waals surface area contributed by atoms with Gasteiger partial charge in [-0.15, -0.1) is 0 Å². The maximum absolute atomic E-state index is 11.6. The van der Waals surface area contributed by atoms with E-state index in [0.717, 1.165) is 5.75 Å². The number of urea groups is 1. The first kappa shape index (κ1) is 12.0. The molecular weight excluding hydrogens is 232 g/mol. The Hall–Kier alpha value is -2.50. The number of methoxy groups -OCH3 is 1. The highest BCUT2D eigenvalue weighted by Crippen LogP contribution is 2.14. The average Bonchev–Trinajstić information content (AvgIpc) is 2.90. The summed E-state index contributed by atoms with van der Waals surface area (Å²) in [5.74, 6) is 1.46. The summed E-state index contributed by atoms with van der Waals surface area (Å²) < 4.78 is 5.03. The third-order valence-corrected chi connectivity index (χ3v) is 2.32. The molecule has 18 heavy (non-hydrogen) atoms. The van der Waals surface area contributed by atoms with Crippen LogP contribution in [0.3, 0.4) is 0 Å². The number of ether oxygens (including phenoxy) is 1. The van der Waals surface area contributed by atoms with Crippen LogP contribution >= 0.6 is 0 Å². The van der Waals surface area contributed by atoms with Gasteiger partial charge in [0.05, 0.1) is 13.7 Å². The van der Waals surface area contributed by atoms with E-state index in [-0.39, 0.29) is 6.03 Å². The summed E-state index contributed by atoms with van der Waals surface area (Å²) in [5.41, 5.74) is 0.702. The summed E-state index contributed by atoms with van der Waals surface area (Å²) in [6.07, 6.45) is 3.34. The van der Waals surface area contributed by atoms with Gasteiger partial charge < -0.3 is 20.4 Å². The van der Waals surface area contributed by atoms with Crippen LogP contribution in [0.15, 0.2) is 36.7 Å². The average molecular weight is 246 g/mol. The first-order valence-corrected chi connectivity index (χ1v) is 5.45. The minimum absolute atomic E-state index is 0.281. The quantitative estimate of drug-likeness (QED) is 0.768. The summed E-state index contributed by atoms with van der Waals surface area (Å²) in [6, 6.07) is 6.82. The molecular formula is C12H14N4O2. The van der Waals surface area contributed by atoms with Gasteiger partial charge in [0.1, 0.15) is 11.6 Å². The minimum Gasteiger partial charge on any atom is -0.497 e. The molecule has 2 aromatic rings. The molecule has 0 aliphatic carbocycles. The van der Waals surface area contributed by atoms with Gasteiger partial charge in [0, 0.05) is 18.1 Å². The zero-order valence-corrected chi connectivity index (χ0v) is 9.93. The molecule has 0 fully saturated rings. The molecule has 0 spiro atoms. The number of hydrogen-bond donors (Lipinski definition) is 3. The van der Waals surface area contributed by atoms with Crippen LogP contribution in [0, 0.1) is 0 Å². The van der Waals surface area contributed by atoms with Crippen molar-refractivity contribution in [2.45, 2.75) is 6.54 Å². The van der Waals surface area contributed by atoms with Gasteiger partial charge in [-0.05, 0) is 24.3 Å². The monoisotopic (exact) mass is 246 g/mol. The molecule has 0 saturated heterocycles. The zero-order chi connectivity index (χ0) is 12.8. The molecule has 2 rings (SSSR count). The molecule has 0 radical (unpaired) electrons. The van der Waals surface area contributed by atoms with Crippen molar-refractivity contribution in [2.75, 3.05) is 12.4 Å². The van der Waals surface area contributed by atoms with Gasteiger partial charge >= 0.3 is 6.03 Å². The van der Waals surface area contributed by atoms with Crippen molar-refractivity contribution in [2.24, 2.45) is 0 Å². The van der Waals surface area contributed by atoms with Gasteiger partial charge in [0.15, 0.2) is 0 Å². The number of benzene rings is 1. The molecule has 6 heteroatoms. The van der Waals surface area contributed by atoms with E-state index in [1.807, 2.05) is 0 Å². The molecule has 94 valence electrons. The largest absolute Gasteiger partial charge is 0.497 e. The standard InChI is InChI=1S/C12H14N4O2/c1-18-10-4-2-9(3-5-10)16-12(17)15-8-11-13-6-7-14-11/h2-7H,8H2,1H3,(H,13,14)(H2,15,16,17). The lowest BCUT2D eigenvalue weighted by molar-refractivity contribution is 0.251. The van der Waals surface area contributed by atoms with Crippen LogP contribution in [0.25, 0.3) is 0 Å². The van der Waals surface area contributed by atoms with Gasteiger partial charge in [0.2, 0.25) is 0 Å². The van der Waals surface area contributed by atoms with E-state index in [0.29, 0.717) is 18.1 Å². The number of aromatic nitrogens is 2. The highest BCUT2D eigenvalue weighted by atomic mass is 16.5. The van der Waals surface area contributed by atoms with Crippen LogP contribution in [0.1, 0.15) is 5.82 Å². The summed E-state index contributed by atoms with van der Waals surface area (Å²) in [7, 11) is 1.60. The van der Waals surface area contributed by atoms with E-state index >= 15 is 0 Å². The highest BCUT2D eigenvalue weighted by molar-refractivity contribution is 5.89. The number of aromatic amines is 1. The van der Waals surface area contributed by atoms with Gasteiger partial charge in [-0.1, -0.05) is 0 Å². The molecule has 1 heterocycles. The Morgan fingerprint density at radius 1 is 1.39 bits per heavy atom. The van der Waals surface area contributed by atoms with Gasteiger partial charge in [-0.2, -0.15) is 0 Å². The summed E-state index contributed by atoms with van der Waals surface area (Å²) >= 11 is 0. The van der Waals surface area contributed by atoms with Gasteiger partial charge in [0.25, 0.3) is 0 Å². The first-order chi connectivity index (χ1) is 8.78. The molecule has 1 aromatic carbocycles. The summed E-state index contributed by atoms with van der Waals surface area (Å²) in [4.78, 5) is 18.5. The highest BCUT2D eigenvalue weighted by Gasteiger charge is 2.02. The number of rotatable bonds is 4. The Morgan fingerprint density at radius 3 is 2.78 bits per heavy atom. The summed E-state index contributed by atoms with van der Waals surface area (Å²) in [5, 5.41) is 5.40.